The SMILES string of the molecule is CN(CCCN)c1ncc([N+](=O)[O-])cn1. The molecule has 1 rings (SSSR count). The van der Waals surface area contributed by atoms with Crippen molar-refractivity contribution in [2.24, 2.45) is 5.73 Å². The Hall–Kier alpha value is -1.76. The van der Waals surface area contributed by atoms with Gasteiger partial charge in [-0.2, -0.15) is 0 Å². The summed E-state index contributed by atoms with van der Waals surface area (Å²) in [7, 11) is 1.82. The Bertz CT molecular complexity index is 326. The summed E-state index contributed by atoms with van der Waals surface area (Å²) in [5.41, 5.74) is 5.26. The third-order valence-corrected chi connectivity index (χ3v) is 1.87. The van der Waals surface area contributed by atoms with E-state index >= 15 is 0 Å². The highest BCUT2D eigenvalue weighted by Gasteiger charge is 2.08. The van der Waals surface area contributed by atoms with E-state index in [0.29, 0.717) is 12.5 Å². The lowest BCUT2D eigenvalue weighted by atomic mass is 10.4. The molecule has 0 radical (unpaired) electrons. The van der Waals surface area contributed by atoms with Crippen LogP contribution in [0.15, 0.2) is 12.4 Å². The molecule has 0 bridgehead atoms. The zero-order valence-corrected chi connectivity index (χ0v) is 8.46. The van der Waals surface area contributed by atoms with Crippen molar-refractivity contribution in [3.05, 3.63) is 22.5 Å². The van der Waals surface area contributed by atoms with Crippen LogP contribution in [-0.4, -0.2) is 35.0 Å². The Morgan fingerprint density at radius 2 is 2.13 bits per heavy atom. The summed E-state index contributed by atoms with van der Waals surface area (Å²) >= 11 is 0. The van der Waals surface area contributed by atoms with Crippen LogP contribution in [0.5, 0.6) is 0 Å². The number of hydrogen-bond donors (Lipinski definition) is 1. The Kier molecular flexibility index (Phi) is 3.92. The fourth-order valence-corrected chi connectivity index (χ4v) is 1.03. The second-order valence-electron chi connectivity index (χ2n) is 3.06. The van der Waals surface area contributed by atoms with Crippen LogP contribution in [0, 0.1) is 10.1 Å². The highest BCUT2D eigenvalue weighted by molar-refractivity contribution is 5.32. The first-order chi connectivity index (χ1) is 7.15. The van der Waals surface area contributed by atoms with E-state index in [9.17, 15) is 10.1 Å². The zero-order chi connectivity index (χ0) is 11.3. The number of anilines is 1. The number of nitrogens with zero attached hydrogens (tertiary/aromatic N) is 4. The smallest absolute Gasteiger partial charge is 0.305 e. The summed E-state index contributed by atoms with van der Waals surface area (Å²) in [5, 5.41) is 10.3. The molecule has 2 N–H and O–H groups in total. The Morgan fingerprint density at radius 3 is 2.60 bits per heavy atom. The molecule has 1 heterocycles. The van der Waals surface area contributed by atoms with Gasteiger partial charge in [0.2, 0.25) is 5.95 Å². The van der Waals surface area contributed by atoms with E-state index in [2.05, 4.69) is 9.97 Å². The number of nitro groups is 1. The van der Waals surface area contributed by atoms with Gasteiger partial charge < -0.3 is 10.6 Å². The summed E-state index contributed by atoms with van der Waals surface area (Å²) in [6.45, 7) is 1.33. The van der Waals surface area contributed by atoms with Crippen LogP contribution in [0.25, 0.3) is 0 Å². The van der Waals surface area contributed by atoms with Gasteiger partial charge in [-0.15, -0.1) is 0 Å². The van der Waals surface area contributed by atoms with Gasteiger partial charge in [-0.05, 0) is 13.0 Å². The Balaban J connectivity index is 2.66. The molecule has 82 valence electrons. The van der Waals surface area contributed by atoms with Crippen molar-refractivity contribution in [3.8, 4) is 0 Å². The second-order valence-corrected chi connectivity index (χ2v) is 3.06. The quantitative estimate of drug-likeness (QED) is 0.550. The molecule has 0 saturated carbocycles. The van der Waals surface area contributed by atoms with Gasteiger partial charge in [0.1, 0.15) is 12.4 Å². The predicted octanol–water partition coefficient (Wildman–Crippen LogP) is 0.170. The minimum Gasteiger partial charge on any atom is -0.344 e. The molecule has 1 aromatic heterocycles. The van der Waals surface area contributed by atoms with Crippen LogP contribution >= 0.6 is 0 Å². The lowest BCUT2D eigenvalue weighted by Crippen LogP contribution is -2.22. The largest absolute Gasteiger partial charge is 0.344 e. The molecule has 0 spiro atoms. The lowest BCUT2D eigenvalue weighted by molar-refractivity contribution is -0.385. The van der Waals surface area contributed by atoms with Crippen molar-refractivity contribution in [2.75, 3.05) is 25.0 Å². The molecule has 0 unspecified atom stereocenters. The van der Waals surface area contributed by atoms with Crippen molar-refractivity contribution in [1.29, 1.82) is 0 Å². The van der Waals surface area contributed by atoms with Gasteiger partial charge in [-0.3, -0.25) is 10.1 Å². The van der Waals surface area contributed by atoms with Crippen LogP contribution in [0.4, 0.5) is 11.6 Å². The number of rotatable bonds is 5. The molecule has 0 fully saturated rings. The average Bonchev–Trinajstić information content (AvgIpc) is 2.26. The maximum atomic E-state index is 10.3. The van der Waals surface area contributed by atoms with Gasteiger partial charge in [-0.1, -0.05) is 0 Å². The topological polar surface area (TPSA) is 98.2 Å². The van der Waals surface area contributed by atoms with Gasteiger partial charge in [0.05, 0.1) is 4.92 Å². The molecule has 0 aliphatic carbocycles. The molecular weight excluding hydrogens is 198 g/mol. The van der Waals surface area contributed by atoms with E-state index in [1.165, 1.54) is 12.4 Å². The van der Waals surface area contributed by atoms with Gasteiger partial charge in [0.15, 0.2) is 0 Å². The third-order valence-electron chi connectivity index (χ3n) is 1.87. The predicted molar refractivity (Wildman–Crippen MR) is 55.6 cm³/mol. The van der Waals surface area contributed by atoms with Gasteiger partial charge in [0, 0.05) is 13.6 Å². The highest BCUT2D eigenvalue weighted by Crippen LogP contribution is 2.10. The van der Waals surface area contributed by atoms with E-state index in [1.54, 1.807) is 4.90 Å². The first kappa shape index (κ1) is 11.3. The van der Waals surface area contributed by atoms with E-state index in [1.807, 2.05) is 7.05 Å². The molecule has 15 heavy (non-hydrogen) atoms. The molecule has 0 aromatic carbocycles. The van der Waals surface area contributed by atoms with E-state index < -0.39 is 4.92 Å². The molecule has 0 aliphatic rings. The standard InChI is InChI=1S/C8H13N5O2/c1-12(4-2-3-9)8-10-5-7(6-11-8)13(14)15/h5-6H,2-4,9H2,1H3. The summed E-state index contributed by atoms with van der Waals surface area (Å²) in [6.07, 6.45) is 3.22. The second kappa shape index (κ2) is 5.20. The minimum atomic E-state index is -0.524. The Morgan fingerprint density at radius 1 is 1.53 bits per heavy atom. The number of nitrogens with two attached hydrogens (primary N) is 1. The van der Waals surface area contributed by atoms with Crippen LogP contribution in [0.1, 0.15) is 6.42 Å². The van der Waals surface area contributed by atoms with Crippen molar-refractivity contribution in [1.82, 2.24) is 9.97 Å². The Labute approximate surface area is 87.1 Å². The first-order valence-electron chi connectivity index (χ1n) is 4.53. The van der Waals surface area contributed by atoms with Crippen LogP contribution in [0.2, 0.25) is 0 Å². The summed E-state index contributed by atoms with van der Waals surface area (Å²) in [5.74, 6) is 0.467. The van der Waals surface area contributed by atoms with Gasteiger partial charge >= 0.3 is 5.69 Å². The average molecular weight is 211 g/mol. The lowest BCUT2D eigenvalue weighted by Gasteiger charge is -2.15. The maximum absolute atomic E-state index is 10.3. The van der Waals surface area contributed by atoms with Crippen LogP contribution in [-0.2, 0) is 0 Å². The molecule has 7 nitrogen and oxygen atoms in total. The van der Waals surface area contributed by atoms with Crippen molar-refractivity contribution in [3.63, 3.8) is 0 Å². The van der Waals surface area contributed by atoms with Gasteiger partial charge in [0.25, 0.3) is 0 Å². The normalized spacial score (nSPS) is 10.0. The molecule has 7 heteroatoms. The highest BCUT2D eigenvalue weighted by atomic mass is 16.6. The third kappa shape index (κ3) is 3.13. The molecule has 0 aliphatic heterocycles. The molecular formula is C8H13N5O2. The summed E-state index contributed by atoms with van der Waals surface area (Å²) in [6, 6.07) is 0. The fourth-order valence-electron chi connectivity index (χ4n) is 1.03. The van der Waals surface area contributed by atoms with Crippen LogP contribution in [0.3, 0.4) is 0 Å². The van der Waals surface area contributed by atoms with Crippen LogP contribution < -0.4 is 10.6 Å². The maximum Gasteiger partial charge on any atom is 0.305 e. The molecule has 0 saturated heterocycles. The number of hydrogen-bond acceptors (Lipinski definition) is 6. The van der Waals surface area contributed by atoms with Crippen molar-refractivity contribution >= 4 is 11.6 Å². The van der Waals surface area contributed by atoms with Crippen molar-refractivity contribution in [2.45, 2.75) is 6.42 Å². The van der Waals surface area contributed by atoms with E-state index in [0.717, 1.165) is 13.0 Å². The first-order valence-corrected chi connectivity index (χ1v) is 4.53. The fraction of sp³-hybridized carbons (Fsp3) is 0.500. The number of aromatic nitrogens is 2. The van der Waals surface area contributed by atoms with Crippen molar-refractivity contribution < 1.29 is 4.92 Å². The monoisotopic (exact) mass is 211 g/mol. The van der Waals surface area contributed by atoms with E-state index in [4.69, 9.17) is 5.73 Å². The summed E-state index contributed by atoms with van der Waals surface area (Å²) in [4.78, 5) is 19.4. The zero-order valence-electron chi connectivity index (χ0n) is 8.46. The molecule has 0 atom stereocenters. The minimum absolute atomic E-state index is 0.106. The van der Waals surface area contributed by atoms with Gasteiger partial charge in [-0.25, -0.2) is 9.97 Å². The molecule has 0 amide bonds. The van der Waals surface area contributed by atoms with E-state index in [-0.39, 0.29) is 5.69 Å². The summed E-state index contributed by atoms with van der Waals surface area (Å²) < 4.78 is 0. The molecule has 1 aromatic rings.